The number of likely N-dealkylation sites (N-methyl/N-ethyl adjacent to an activating group) is 1. The van der Waals surface area contributed by atoms with E-state index in [0.717, 1.165) is 45.8 Å². The number of nitrogens with one attached hydrogen (secondary N) is 1. The molecule has 146 valence electrons. The van der Waals surface area contributed by atoms with Crippen LogP contribution < -0.4 is 5.32 Å². The van der Waals surface area contributed by atoms with Gasteiger partial charge >= 0.3 is 0 Å². The highest BCUT2D eigenvalue weighted by Crippen LogP contribution is 2.04. The van der Waals surface area contributed by atoms with Crippen LogP contribution in [0.5, 0.6) is 0 Å². The van der Waals surface area contributed by atoms with Crippen LogP contribution >= 0.6 is 0 Å². The summed E-state index contributed by atoms with van der Waals surface area (Å²) in [5.74, 6) is 0. The molecule has 1 atom stereocenters. The summed E-state index contributed by atoms with van der Waals surface area (Å²) in [4.78, 5) is 5.02. The largest absolute Gasteiger partial charge is 0.392 e. The molecule has 0 aromatic heterocycles. The minimum Gasteiger partial charge on any atom is -0.392 e. The molecule has 0 aliphatic rings. The summed E-state index contributed by atoms with van der Waals surface area (Å²) in [5.41, 5.74) is 1.38. The molecule has 0 aliphatic heterocycles. The maximum atomic E-state index is 9.29. The maximum absolute atomic E-state index is 9.29. The molecule has 0 saturated carbocycles. The zero-order valence-corrected chi connectivity index (χ0v) is 17.2. The first-order valence-corrected chi connectivity index (χ1v) is 10.0. The Balaban J connectivity index is 0.00000277. The van der Waals surface area contributed by atoms with Crippen molar-refractivity contribution in [1.29, 1.82) is 0 Å². The highest BCUT2D eigenvalue weighted by molar-refractivity contribution is 5.14. The van der Waals surface area contributed by atoms with Crippen molar-refractivity contribution in [3.8, 4) is 0 Å². The Morgan fingerprint density at radius 3 is 2.16 bits per heavy atom. The molecule has 1 rings (SSSR count). The third kappa shape index (κ3) is 13.0. The first kappa shape index (κ1) is 24.1. The zero-order valence-electron chi connectivity index (χ0n) is 17.2. The van der Waals surface area contributed by atoms with Gasteiger partial charge in [-0.3, -0.25) is 4.90 Å². The molecule has 0 aliphatic carbocycles. The van der Waals surface area contributed by atoms with Crippen LogP contribution in [0.1, 0.15) is 46.6 Å². The molecule has 1 unspecified atom stereocenters. The van der Waals surface area contributed by atoms with Gasteiger partial charge in [0, 0.05) is 39.3 Å². The molecule has 1 aromatic carbocycles. The van der Waals surface area contributed by atoms with E-state index in [1.165, 1.54) is 12.0 Å². The van der Waals surface area contributed by atoms with E-state index in [2.05, 4.69) is 59.3 Å². The molecule has 0 spiro atoms. The van der Waals surface area contributed by atoms with Gasteiger partial charge in [-0.1, -0.05) is 58.0 Å². The smallest absolute Gasteiger partial charge is 0.0636 e. The summed E-state index contributed by atoms with van der Waals surface area (Å²) in [6.07, 6.45) is 0.914. The minimum atomic E-state index is -0.268. The van der Waals surface area contributed by atoms with Crippen molar-refractivity contribution >= 4 is 0 Å². The lowest BCUT2D eigenvalue weighted by Gasteiger charge is -2.27. The molecule has 0 fully saturated rings. The lowest BCUT2D eigenvalue weighted by molar-refractivity contribution is 0.182. The molecule has 4 heteroatoms. The molecule has 2 N–H and O–H groups in total. The number of aliphatic hydroxyl groups excluding tert-OH is 1. The summed E-state index contributed by atoms with van der Waals surface area (Å²) in [5, 5.41) is 12.6. The molecule has 25 heavy (non-hydrogen) atoms. The van der Waals surface area contributed by atoms with Crippen LogP contribution in [-0.4, -0.2) is 66.8 Å². The SMILES string of the molecule is CC.CCCN(CCNCC(C)O)CCN(CC)Cc1ccccc1. The Bertz CT molecular complexity index is 384. The third-order valence-electron chi connectivity index (χ3n) is 4.01. The van der Waals surface area contributed by atoms with E-state index in [0.29, 0.717) is 6.54 Å². The van der Waals surface area contributed by atoms with E-state index in [9.17, 15) is 5.11 Å². The number of hydrogen-bond donors (Lipinski definition) is 2. The molecule has 4 nitrogen and oxygen atoms in total. The van der Waals surface area contributed by atoms with Crippen molar-refractivity contribution in [2.45, 2.75) is 53.7 Å². The fraction of sp³-hybridized carbons (Fsp3) is 0.714. The van der Waals surface area contributed by atoms with Crippen LogP contribution in [0, 0.1) is 0 Å². The van der Waals surface area contributed by atoms with Crippen LogP contribution in [0.15, 0.2) is 30.3 Å². The summed E-state index contributed by atoms with van der Waals surface area (Å²) in [6.45, 7) is 18.4. The third-order valence-corrected chi connectivity index (χ3v) is 4.01. The second-order valence-corrected chi connectivity index (χ2v) is 6.25. The average molecular weight is 352 g/mol. The summed E-state index contributed by atoms with van der Waals surface area (Å²) < 4.78 is 0. The van der Waals surface area contributed by atoms with Gasteiger partial charge in [-0.2, -0.15) is 0 Å². The Labute approximate surface area is 156 Å². The van der Waals surface area contributed by atoms with Gasteiger partial charge in [-0.25, -0.2) is 0 Å². The van der Waals surface area contributed by atoms with Crippen molar-refractivity contribution in [1.82, 2.24) is 15.1 Å². The van der Waals surface area contributed by atoms with Crippen molar-refractivity contribution in [3.05, 3.63) is 35.9 Å². The van der Waals surface area contributed by atoms with Gasteiger partial charge in [0.2, 0.25) is 0 Å². The van der Waals surface area contributed by atoms with E-state index >= 15 is 0 Å². The quantitative estimate of drug-likeness (QED) is 0.535. The number of nitrogens with zero attached hydrogens (tertiary/aromatic N) is 2. The van der Waals surface area contributed by atoms with E-state index in [4.69, 9.17) is 0 Å². The molecule has 0 saturated heterocycles. The predicted molar refractivity (Wildman–Crippen MR) is 110 cm³/mol. The molecule has 0 bridgehead atoms. The van der Waals surface area contributed by atoms with Gasteiger partial charge in [0.1, 0.15) is 0 Å². The number of hydrogen-bond acceptors (Lipinski definition) is 4. The summed E-state index contributed by atoms with van der Waals surface area (Å²) >= 11 is 0. The van der Waals surface area contributed by atoms with E-state index in [-0.39, 0.29) is 6.10 Å². The minimum absolute atomic E-state index is 0.268. The highest BCUT2D eigenvalue weighted by Gasteiger charge is 2.08. The van der Waals surface area contributed by atoms with Crippen molar-refractivity contribution < 1.29 is 5.11 Å². The molecular weight excluding hydrogens is 310 g/mol. The Hall–Kier alpha value is -0.940. The van der Waals surface area contributed by atoms with Crippen LogP contribution in [0.4, 0.5) is 0 Å². The molecule has 1 aromatic rings. The van der Waals surface area contributed by atoms with Gasteiger partial charge in [-0.05, 0) is 32.0 Å². The molecule has 0 amide bonds. The van der Waals surface area contributed by atoms with Crippen LogP contribution in [-0.2, 0) is 6.54 Å². The first-order chi connectivity index (χ1) is 12.2. The average Bonchev–Trinajstić information content (AvgIpc) is 2.64. The molecule has 0 heterocycles. The van der Waals surface area contributed by atoms with Crippen molar-refractivity contribution in [3.63, 3.8) is 0 Å². The number of benzene rings is 1. The maximum Gasteiger partial charge on any atom is 0.0636 e. The second kappa shape index (κ2) is 16.5. The predicted octanol–water partition coefficient (Wildman–Crippen LogP) is 3.22. The van der Waals surface area contributed by atoms with Gasteiger partial charge in [0.25, 0.3) is 0 Å². The molecule has 0 radical (unpaired) electrons. The second-order valence-electron chi connectivity index (χ2n) is 6.25. The molecular formula is C21H41N3O. The van der Waals surface area contributed by atoms with Crippen LogP contribution in [0.25, 0.3) is 0 Å². The zero-order chi connectivity index (χ0) is 18.9. The van der Waals surface area contributed by atoms with E-state index in [1.807, 2.05) is 20.8 Å². The van der Waals surface area contributed by atoms with Gasteiger partial charge in [0.05, 0.1) is 6.10 Å². The topological polar surface area (TPSA) is 38.7 Å². The highest BCUT2D eigenvalue weighted by atomic mass is 16.3. The van der Waals surface area contributed by atoms with Gasteiger partial charge in [-0.15, -0.1) is 0 Å². The van der Waals surface area contributed by atoms with Gasteiger partial charge in [0.15, 0.2) is 0 Å². The standard InChI is InChI=1S/C19H35N3O.C2H6/c1-4-12-22(13-11-20-16-18(3)23)15-14-21(5-2)17-19-9-7-6-8-10-19;1-2/h6-10,18,20,23H,4-5,11-17H2,1-3H3;1-2H3. The lowest BCUT2D eigenvalue weighted by atomic mass is 10.2. The normalized spacial score (nSPS) is 12.2. The lowest BCUT2D eigenvalue weighted by Crippen LogP contribution is -2.39. The van der Waals surface area contributed by atoms with E-state index in [1.54, 1.807) is 0 Å². The van der Waals surface area contributed by atoms with Crippen molar-refractivity contribution in [2.75, 3.05) is 45.8 Å². The van der Waals surface area contributed by atoms with Crippen LogP contribution in [0.2, 0.25) is 0 Å². The Kier molecular flexibility index (Phi) is 15.9. The number of aliphatic hydroxyl groups is 1. The Morgan fingerprint density at radius 2 is 1.60 bits per heavy atom. The fourth-order valence-corrected chi connectivity index (χ4v) is 2.67. The summed E-state index contributed by atoms with van der Waals surface area (Å²) in [7, 11) is 0. The van der Waals surface area contributed by atoms with Crippen molar-refractivity contribution in [2.24, 2.45) is 0 Å². The first-order valence-electron chi connectivity index (χ1n) is 10.0. The Morgan fingerprint density at radius 1 is 0.960 bits per heavy atom. The fourth-order valence-electron chi connectivity index (χ4n) is 2.67. The monoisotopic (exact) mass is 351 g/mol. The van der Waals surface area contributed by atoms with E-state index < -0.39 is 0 Å². The van der Waals surface area contributed by atoms with Gasteiger partial charge < -0.3 is 15.3 Å². The number of rotatable bonds is 13. The van der Waals surface area contributed by atoms with Crippen LogP contribution in [0.3, 0.4) is 0 Å². The summed E-state index contributed by atoms with van der Waals surface area (Å²) in [6, 6.07) is 10.7.